The number of nitrogens with one attached hydrogen (secondary N) is 1. The van der Waals surface area contributed by atoms with Crippen molar-refractivity contribution in [2.75, 3.05) is 51.3 Å². The van der Waals surface area contributed by atoms with Gasteiger partial charge in [-0.2, -0.15) is 0 Å². The van der Waals surface area contributed by atoms with Crippen molar-refractivity contribution >= 4 is 22.5 Å². The Balaban J connectivity index is 1.67. The van der Waals surface area contributed by atoms with E-state index in [2.05, 4.69) is 10.2 Å². The van der Waals surface area contributed by atoms with E-state index in [4.69, 9.17) is 4.74 Å². The summed E-state index contributed by atoms with van der Waals surface area (Å²) in [6, 6.07) is 3.03. The van der Waals surface area contributed by atoms with Gasteiger partial charge in [0.15, 0.2) is 0 Å². The van der Waals surface area contributed by atoms with Crippen molar-refractivity contribution in [2.45, 2.75) is 32.4 Å². The van der Waals surface area contributed by atoms with E-state index in [1.54, 1.807) is 12.3 Å². The maximum absolute atomic E-state index is 15.0. The molecule has 1 N–H and O–H groups in total. The number of anilines is 1. The Morgan fingerprint density at radius 1 is 1.27 bits per heavy atom. The Morgan fingerprint density at radius 3 is 2.70 bits per heavy atom. The van der Waals surface area contributed by atoms with Crippen LogP contribution in [0, 0.1) is 5.82 Å². The first kappa shape index (κ1) is 20.8. The molecule has 162 valence electrons. The van der Waals surface area contributed by atoms with Crippen LogP contribution in [0.2, 0.25) is 0 Å². The molecule has 1 aromatic heterocycles. The van der Waals surface area contributed by atoms with Gasteiger partial charge in [0.25, 0.3) is 5.91 Å². The third-order valence-corrected chi connectivity index (χ3v) is 6.09. The van der Waals surface area contributed by atoms with Crippen LogP contribution in [0.25, 0.3) is 10.9 Å². The zero-order chi connectivity index (χ0) is 21.3. The van der Waals surface area contributed by atoms with E-state index < -0.39 is 17.2 Å². The second kappa shape index (κ2) is 8.73. The lowest BCUT2D eigenvalue weighted by Gasteiger charge is -2.34. The zero-order valence-electron chi connectivity index (χ0n) is 17.6. The van der Waals surface area contributed by atoms with Crippen LogP contribution in [0.1, 0.15) is 30.1 Å². The molecule has 0 aliphatic carbocycles. The van der Waals surface area contributed by atoms with Crippen molar-refractivity contribution in [3.63, 3.8) is 0 Å². The first-order valence-corrected chi connectivity index (χ1v) is 10.7. The highest BCUT2D eigenvalue weighted by Gasteiger charge is 2.22. The average Bonchev–Trinajstić information content (AvgIpc) is 3.27. The quantitative estimate of drug-likeness (QED) is 0.806. The molecule has 8 heteroatoms. The highest BCUT2D eigenvalue weighted by Crippen LogP contribution is 2.26. The highest BCUT2D eigenvalue weighted by molar-refractivity contribution is 5.97. The summed E-state index contributed by atoms with van der Waals surface area (Å²) in [6.45, 7) is 6.78. The fraction of sp³-hybridized carbons (Fsp3) is 0.545. The minimum Gasteiger partial charge on any atom is -0.376 e. The molecule has 0 unspecified atom stereocenters. The standard InChI is InChI=1S/C22H29FN4O3/c1-3-26-14-17(22(29)24-13-15-5-4-10-30-15)21(28)16-11-18(23)20(12-19(16)26)27-8-6-25(2)7-9-27/h11-12,14-15H,3-10,13H2,1-2H3,(H,24,29)/t15-/m1/s1. The summed E-state index contributed by atoms with van der Waals surface area (Å²) in [5.74, 6) is -0.869. The van der Waals surface area contributed by atoms with E-state index >= 15 is 0 Å². The molecule has 1 amide bonds. The van der Waals surface area contributed by atoms with Gasteiger partial charge >= 0.3 is 0 Å². The van der Waals surface area contributed by atoms with Gasteiger partial charge in [-0.25, -0.2) is 4.39 Å². The number of aromatic nitrogens is 1. The second-order valence-corrected chi connectivity index (χ2v) is 8.11. The van der Waals surface area contributed by atoms with Crippen LogP contribution in [-0.2, 0) is 11.3 Å². The third-order valence-electron chi connectivity index (χ3n) is 6.09. The number of benzene rings is 1. The van der Waals surface area contributed by atoms with E-state index in [-0.39, 0.29) is 17.1 Å². The Labute approximate surface area is 175 Å². The van der Waals surface area contributed by atoms with E-state index in [0.717, 1.165) is 39.0 Å². The summed E-state index contributed by atoms with van der Waals surface area (Å²) in [7, 11) is 2.05. The first-order valence-electron chi connectivity index (χ1n) is 10.7. The monoisotopic (exact) mass is 416 g/mol. The number of likely N-dealkylation sites (N-methyl/N-ethyl adjacent to an activating group) is 1. The summed E-state index contributed by atoms with van der Waals surface area (Å²) in [4.78, 5) is 29.9. The third kappa shape index (κ3) is 4.06. The number of rotatable bonds is 5. The van der Waals surface area contributed by atoms with Crippen molar-refractivity contribution in [3.05, 3.63) is 39.9 Å². The molecule has 4 rings (SSSR count). The molecule has 2 saturated heterocycles. The van der Waals surface area contributed by atoms with E-state index in [9.17, 15) is 14.0 Å². The molecular formula is C22H29FN4O3. The molecule has 0 radical (unpaired) electrons. The number of hydrogen-bond acceptors (Lipinski definition) is 5. The number of halogens is 1. The molecule has 0 spiro atoms. The molecule has 2 fully saturated rings. The number of pyridine rings is 1. The van der Waals surface area contributed by atoms with Crippen LogP contribution in [0.4, 0.5) is 10.1 Å². The number of nitrogens with zero attached hydrogens (tertiary/aromatic N) is 3. The molecule has 2 aliphatic heterocycles. The number of ether oxygens (including phenoxy) is 1. The predicted octanol–water partition coefficient (Wildman–Crippen LogP) is 1.82. The molecule has 1 atom stereocenters. The summed E-state index contributed by atoms with van der Waals surface area (Å²) >= 11 is 0. The van der Waals surface area contributed by atoms with Gasteiger partial charge in [0, 0.05) is 57.5 Å². The Bertz CT molecular complexity index is 992. The molecule has 3 heterocycles. The van der Waals surface area contributed by atoms with Gasteiger partial charge in [-0.1, -0.05) is 0 Å². The molecule has 2 aromatic rings. The van der Waals surface area contributed by atoms with Crippen LogP contribution in [0.3, 0.4) is 0 Å². The largest absolute Gasteiger partial charge is 0.376 e. The topological polar surface area (TPSA) is 66.8 Å². The lowest BCUT2D eigenvalue weighted by Crippen LogP contribution is -2.44. The number of hydrogen-bond donors (Lipinski definition) is 1. The molecule has 0 bridgehead atoms. The number of fused-ring (bicyclic) bond motifs is 1. The van der Waals surface area contributed by atoms with Crippen LogP contribution >= 0.6 is 0 Å². The first-order chi connectivity index (χ1) is 14.5. The molecule has 0 saturated carbocycles. The smallest absolute Gasteiger partial charge is 0.256 e. The van der Waals surface area contributed by atoms with Crippen LogP contribution in [0.15, 0.2) is 23.1 Å². The summed E-state index contributed by atoms with van der Waals surface area (Å²) in [5.41, 5.74) is 0.749. The fourth-order valence-corrected chi connectivity index (χ4v) is 4.22. The maximum Gasteiger partial charge on any atom is 0.256 e. The summed E-state index contributed by atoms with van der Waals surface area (Å²) < 4.78 is 22.3. The van der Waals surface area contributed by atoms with Gasteiger partial charge in [0.05, 0.1) is 17.3 Å². The van der Waals surface area contributed by atoms with Crippen molar-refractivity contribution < 1.29 is 13.9 Å². The molecule has 7 nitrogen and oxygen atoms in total. The van der Waals surface area contributed by atoms with Crippen molar-refractivity contribution in [1.82, 2.24) is 14.8 Å². The summed E-state index contributed by atoms with van der Waals surface area (Å²) in [6.07, 6.45) is 3.46. The van der Waals surface area contributed by atoms with E-state index in [0.29, 0.717) is 30.9 Å². The van der Waals surface area contributed by atoms with E-state index in [1.807, 2.05) is 23.4 Å². The molecule has 1 aromatic carbocycles. The van der Waals surface area contributed by atoms with Crippen molar-refractivity contribution in [3.8, 4) is 0 Å². The average molecular weight is 416 g/mol. The van der Waals surface area contributed by atoms with Crippen LogP contribution < -0.4 is 15.6 Å². The number of aryl methyl sites for hydroxylation is 1. The van der Waals surface area contributed by atoms with Crippen LogP contribution in [0.5, 0.6) is 0 Å². The van der Waals surface area contributed by atoms with Gasteiger partial charge in [0.2, 0.25) is 5.43 Å². The van der Waals surface area contributed by atoms with Crippen molar-refractivity contribution in [2.24, 2.45) is 0 Å². The molecule has 30 heavy (non-hydrogen) atoms. The zero-order valence-corrected chi connectivity index (χ0v) is 17.6. The van der Waals surface area contributed by atoms with Gasteiger partial charge in [-0.15, -0.1) is 0 Å². The van der Waals surface area contributed by atoms with Gasteiger partial charge < -0.3 is 24.4 Å². The SMILES string of the molecule is CCn1cc(C(=O)NC[C@H]2CCCO2)c(=O)c2cc(F)c(N3CCN(C)CC3)cc21. The Morgan fingerprint density at radius 2 is 2.03 bits per heavy atom. The van der Waals surface area contributed by atoms with Gasteiger partial charge in [-0.3, -0.25) is 9.59 Å². The van der Waals surface area contributed by atoms with Gasteiger partial charge in [0.1, 0.15) is 11.4 Å². The normalized spacial score (nSPS) is 20.1. The minimum atomic E-state index is -0.442. The van der Waals surface area contributed by atoms with E-state index in [1.165, 1.54) is 6.07 Å². The molecule has 2 aliphatic rings. The number of carbonyl (C=O) groups excluding carboxylic acids is 1. The summed E-state index contributed by atoms with van der Waals surface area (Å²) in [5, 5.41) is 3.03. The molecular weight excluding hydrogens is 387 g/mol. The predicted molar refractivity (Wildman–Crippen MR) is 115 cm³/mol. The number of amides is 1. The number of piperazine rings is 1. The lowest BCUT2D eigenvalue weighted by molar-refractivity contribution is 0.0856. The Kier molecular flexibility index (Phi) is 6.06. The van der Waals surface area contributed by atoms with Crippen LogP contribution in [-0.4, -0.2) is 67.9 Å². The lowest BCUT2D eigenvalue weighted by atomic mass is 10.1. The fourth-order valence-electron chi connectivity index (χ4n) is 4.22. The highest BCUT2D eigenvalue weighted by atomic mass is 19.1. The van der Waals surface area contributed by atoms with Crippen molar-refractivity contribution in [1.29, 1.82) is 0 Å². The number of carbonyl (C=O) groups is 1. The maximum atomic E-state index is 15.0. The Hall–Kier alpha value is -2.45. The second-order valence-electron chi connectivity index (χ2n) is 8.11. The van der Waals surface area contributed by atoms with Gasteiger partial charge in [-0.05, 0) is 38.9 Å². The minimum absolute atomic E-state index is 0.00797.